The van der Waals surface area contributed by atoms with Crippen LogP contribution in [0, 0.1) is 6.92 Å². The van der Waals surface area contributed by atoms with E-state index in [4.69, 9.17) is 9.72 Å². The van der Waals surface area contributed by atoms with Gasteiger partial charge in [-0.3, -0.25) is 4.98 Å². The van der Waals surface area contributed by atoms with Crippen LogP contribution < -0.4 is 4.74 Å². The minimum atomic E-state index is -4.52. The molecule has 0 spiro atoms. The summed E-state index contributed by atoms with van der Waals surface area (Å²) in [6.45, 7) is 5.75. The van der Waals surface area contributed by atoms with Gasteiger partial charge in [-0.15, -0.1) is 0 Å². The Morgan fingerprint density at radius 1 is 0.879 bits per heavy atom. The first-order valence-electron chi connectivity index (χ1n) is 10.1. The van der Waals surface area contributed by atoms with Crippen LogP contribution in [0.15, 0.2) is 54.9 Å². The first-order valence-corrected chi connectivity index (χ1v) is 10.1. The quantitative estimate of drug-likeness (QED) is 0.432. The summed E-state index contributed by atoms with van der Waals surface area (Å²) in [5, 5.41) is 3.61. The van der Waals surface area contributed by atoms with Gasteiger partial charge in [0.05, 0.1) is 29.9 Å². The standard InChI is InChI=1S/C23H21F3N6O/c1-14-15(13-27-21(28-14)33-4)16-7-5-8-17(29-16)22(2,3)18-9-6-10-20(30-18)32-12-11-19(31-32)23(24,25)26/h5-13H,1-4H3. The number of hydrogen-bond donors (Lipinski definition) is 0. The molecule has 0 aliphatic rings. The normalized spacial score (nSPS) is 12.1. The van der Waals surface area contributed by atoms with Crippen molar-refractivity contribution in [1.82, 2.24) is 29.7 Å². The van der Waals surface area contributed by atoms with Crippen molar-refractivity contribution < 1.29 is 17.9 Å². The number of pyridine rings is 2. The number of aromatic nitrogens is 6. The van der Waals surface area contributed by atoms with E-state index in [-0.39, 0.29) is 11.8 Å². The van der Waals surface area contributed by atoms with Gasteiger partial charge in [-0.05, 0) is 51.1 Å². The van der Waals surface area contributed by atoms with Gasteiger partial charge in [-0.25, -0.2) is 14.6 Å². The maximum absolute atomic E-state index is 12.9. The van der Waals surface area contributed by atoms with Crippen LogP contribution in [0.2, 0.25) is 0 Å². The minimum absolute atomic E-state index is 0.279. The van der Waals surface area contributed by atoms with Gasteiger partial charge in [-0.2, -0.15) is 23.3 Å². The Labute approximate surface area is 188 Å². The molecule has 0 radical (unpaired) electrons. The maximum atomic E-state index is 12.9. The third-order valence-corrected chi connectivity index (χ3v) is 5.29. The highest BCUT2D eigenvalue weighted by Crippen LogP contribution is 2.32. The van der Waals surface area contributed by atoms with Crippen LogP contribution in [0.4, 0.5) is 13.2 Å². The van der Waals surface area contributed by atoms with Gasteiger partial charge < -0.3 is 4.74 Å². The van der Waals surface area contributed by atoms with Gasteiger partial charge in [-0.1, -0.05) is 12.1 Å². The van der Waals surface area contributed by atoms with E-state index in [1.54, 1.807) is 18.3 Å². The van der Waals surface area contributed by atoms with Crippen LogP contribution >= 0.6 is 0 Å². The third kappa shape index (κ3) is 4.41. The van der Waals surface area contributed by atoms with Crippen molar-refractivity contribution in [1.29, 1.82) is 0 Å². The molecule has 7 nitrogen and oxygen atoms in total. The van der Waals surface area contributed by atoms with E-state index >= 15 is 0 Å². The highest BCUT2D eigenvalue weighted by Gasteiger charge is 2.34. The zero-order valence-electron chi connectivity index (χ0n) is 18.4. The fourth-order valence-electron chi connectivity index (χ4n) is 3.36. The molecule has 0 saturated carbocycles. The number of hydrogen-bond acceptors (Lipinski definition) is 6. The second-order valence-corrected chi connectivity index (χ2v) is 7.91. The number of alkyl halides is 3. The molecule has 0 atom stereocenters. The Hall–Kier alpha value is -3.82. The molecule has 4 aromatic rings. The number of methoxy groups -OCH3 is 1. The van der Waals surface area contributed by atoms with Gasteiger partial charge in [0.1, 0.15) is 0 Å². The van der Waals surface area contributed by atoms with E-state index in [0.717, 1.165) is 27.7 Å². The summed E-state index contributed by atoms with van der Waals surface area (Å²) in [5.74, 6) is 0.284. The molecule has 0 aliphatic heterocycles. The second-order valence-electron chi connectivity index (χ2n) is 7.91. The Bertz CT molecular complexity index is 1300. The SMILES string of the molecule is COc1ncc(-c2cccc(C(C)(C)c3cccc(-n4ccc(C(F)(F)F)n4)n3)n2)c(C)n1. The van der Waals surface area contributed by atoms with E-state index in [1.165, 1.54) is 13.3 Å². The van der Waals surface area contributed by atoms with Crippen LogP contribution in [0.1, 0.15) is 36.6 Å². The lowest BCUT2D eigenvalue weighted by Crippen LogP contribution is -2.23. The summed E-state index contributed by atoms with van der Waals surface area (Å²) >= 11 is 0. The Balaban J connectivity index is 1.70. The summed E-state index contributed by atoms with van der Waals surface area (Å²) in [5.41, 5.74) is 1.94. The van der Waals surface area contributed by atoms with E-state index < -0.39 is 17.3 Å². The average Bonchev–Trinajstić information content (AvgIpc) is 3.30. The van der Waals surface area contributed by atoms with Crippen LogP contribution in [0.5, 0.6) is 6.01 Å². The van der Waals surface area contributed by atoms with E-state index in [2.05, 4.69) is 20.1 Å². The lowest BCUT2D eigenvalue weighted by molar-refractivity contribution is -0.141. The molecule has 0 bridgehead atoms. The number of aryl methyl sites for hydroxylation is 1. The number of rotatable bonds is 5. The largest absolute Gasteiger partial charge is 0.467 e. The summed E-state index contributed by atoms with van der Waals surface area (Å²) in [6.07, 6.45) is -1.61. The van der Waals surface area contributed by atoms with Gasteiger partial charge >= 0.3 is 12.2 Å². The summed E-state index contributed by atoms with van der Waals surface area (Å²) < 4.78 is 45.0. The molecule has 170 valence electrons. The predicted octanol–water partition coefficient (Wildman–Crippen LogP) is 4.78. The lowest BCUT2D eigenvalue weighted by atomic mass is 9.84. The summed E-state index contributed by atoms with van der Waals surface area (Å²) in [4.78, 5) is 17.9. The van der Waals surface area contributed by atoms with E-state index in [0.29, 0.717) is 11.4 Å². The molecular weight excluding hydrogens is 433 g/mol. The fraction of sp³-hybridized carbons (Fsp3) is 0.261. The first-order chi connectivity index (χ1) is 15.6. The van der Waals surface area contributed by atoms with Gasteiger partial charge in [0.25, 0.3) is 0 Å². The van der Waals surface area contributed by atoms with Gasteiger partial charge in [0.15, 0.2) is 11.5 Å². The summed E-state index contributed by atoms with van der Waals surface area (Å²) in [6, 6.07) is 12.0. The molecule has 0 aliphatic carbocycles. The van der Waals surface area contributed by atoms with Crippen LogP contribution in [-0.4, -0.2) is 36.8 Å². The molecule has 0 N–H and O–H groups in total. The molecule has 4 aromatic heterocycles. The fourth-order valence-corrected chi connectivity index (χ4v) is 3.36. The van der Waals surface area contributed by atoms with Gasteiger partial charge in [0, 0.05) is 23.4 Å². The van der Waals surface area contributed by atoms with Crippen LogP contribution in [-0.2, 0) is 11.6 Å². The van der Waals surface area contributed by atoms with Crippen molar-refractivity contribution >= 4 is 0 Å². The van der Waals surface area contributed by atoms with Crippen molar-refractivity contribution in [2.45, 2.75) is 32.4 Å². The molecule has 33 heavy (non-hydrogen) atoms. The molecule has 0 unspecified atom stereocenters. The zero-order chi connectivity index (χ0) is 23.8. The molecule has 0 saturated heterocycles. The average molecular weight is 454 g/mol. The van der Waals surface area contributed by atoms with Gasteiger partial charge in [0.2, 0.25) is 0 Å². The minimum Gasteiger partial charge on any atom is -0.467 e. The van der Waals surface area contributed by atoms with Crippen LogP contribution in [0.25, 0.3) is 17.1 Å². The second kappa shape index (κ2) is 8.27. The smallest absolute Gasteiger partial charge is 0.435 e. The highest BCUT2D eigenvalue weighted by molar-refractivity contribution is 5.61. The number of nitrogens with zero attached hydrogens (tertiary/aromatic N) is 6. The maximum Gasteiger partial charge on any atom is 0.435 e. The van der Waals surface area contributed by atoms with E-state index in [9.17, 15) is 13.2 Å². The van der Waals surface area contributed by atoms with Crippen LogP contribution in [0.3, 0.4) is 0 Å². The Morgan fingerprint density at radius 2 is 1.58 bits per heavy atom. The lowest BCUT2D eigenvalue weighted by Gasteiger charge is -2.24. The monoisotopic (exact) mass is 454 g/mol. The number of halogens is 3. The molecule has 0 fully saturated rings. The molecular formula is C23H21F3N6O. The zero-order valence-corrected chi connectivity index (χ0v) is 18.4. The van der Waals surface area contributed by atoms with Crippen molar-refractivity contribution in [3.8, 4) is 23.1 Å². The Kier molecular flexibility index (Phi) is 5.61. The summed E-state index contributed by atoms with van der Waals surface area (Å²) in [7, 11) is 1.50. The van der Waals surface area contributed by atoms with Crippen molar-refractivity contribution in [2.75, 3.05) is 7.11 Å². The number of ether oxygens (including phenoxy) is 1. The van der Waals surface area contributed by atoms with Crippen molar-refractivity contribution in [2.24, 2.45) is 0 Å². The van der Waals surface area contributed by atoms with E-state index in [1.807, 2.05) is 45.0 Å². The topological polar surface area (TPSA) is 78.6 Å². The molecule has 0 aromatic carbocycles. The molecule has 10 heteroatoms. The third-order valence-electron chi connectivity index (χ3n) is 5.29. The first kappa shape index (κ1) is 22.4. The van der Waals surface area contributed by atoms with Crippen molar-refractivity contribution in [3.05, 3.63) is 77.6 Å². The predicted molar refractivity (Wildman–Crippen MR) is 115 cm³/mol. The van der Waals surface area contributed by atoms with Crippen molar-refractivity contribution in [3.63, 3.8) is 0 Å². The molecule has 0 amide bonds. The highest BCUT2D eigenvalue weighted by atomic mass is 19.4. The Morgan fingerprint density at radius 3 is 2.21 bits per heavy atom. The molecule has 4 heterocycles. The molecule has 4 rings (SSSR count).